The highest BCUT2D eigenvalue weighted by Crippen LogP contribution is 2.22. The second-order valence-corrected chi connectivity index (χ2v) is 8.68. The molecular formula is C30H43N3O3. The molecule has 2 heterocycles. The number of hydrogen-bond acceptors (Lipinski definition) is 5. The van der Waals surface area contributed by atoms with Crippen LogP contribution in [0.4, 0.5) is 0 Å². The fraction of sp³-hybridized carbons (Fsp3) is 0.433. The van der Waals surface area contributed by atoms with Crippen molar-refractivity contribution in [2.24, 2.45) is 0 Å². The zero-order chi connectivity index (χ0) is 27.5. The molecule has 1 fully saturated rings. The highest BCUT2D eigenvalue weighted by atomic mass is 16.5. The van der Waals surface area contributed by atoms with E-state index >= 15 is 0 Å². The maximum atomic E-state index is 11.7. The Bertz CT molecular complexity index is 1100. The number of ketones is 1. The zero-order valence-electron chi connectivity index (χ0n) is 23.5. The molecule has 196 valence electrons. The topological polar surface area (TPSA) is 80.3 Å². The molecule has 1 unspecified atom stereocenters. The van der Waals surface area contributed by atoms with Crippen molar-refractivity contribution in [3.63, 3.8) is 0 Å². The number of aromatic nitrogens is 1. The summed E-state index contributed by atoms with van der Waals surface area (Å²) in [4.78, 5) is 27.3. The molecule has 0 spiro atoms. The lowest BCUT2D eigenvalue weighted by molar-refractivity contribution is -0.123. The van der Waals surface area contributed by atoms with E-state index in [1.807, 2.05) is 79.7 Å². The van der Waals surface area contributed by atoms with Crippen molar-refractivity contribution in [2.75, 3.05) is 0 Å². The van der Waals surface area contributed by atoms with E-state index in [9.17, 15) is 9.59 Å². The normalized spacial score (nSPS) is 16.4. The van der Waals surface area contributed by atoms with Crippen LogP contribution in [0.15, 0.2) is 42.7 Å². The summed E-state index contributed by atoms with van der Waals surface area (Å²) in [6, 6.07) is 7.75. The van der Waals surface area contributed by atoms with Crippen LogP contribution in [0.1, 0.15) is 93.3 Å². The Balaban J connectivity index is 0.000000450. The van der Waals surface area contributed by atoms with Gasteiger partial charge in [0.25, 0.3) is 5.91 Å². The summed E-state index contributed by atoms with van der Waals surface area (Å²) >= 11 is 0. The maximum Gasteiger partial charge on any atom is 0.250 e. The van der Waals surface area contributed by atoms with Gasteiger partial charge in [0.2, 0.25) is 0 Å². The van der Waals surface area contributed by atoms with E-state index < -0.39 is 5.54 Å². The monoisotopic (exact) mass is 493 g/mol. The Morgan fingerprint density at radius 3 is 2.31 bits per heavy atom. The van der Waals surface area contributed by atoms with Crippen LogP contribution in [0.25, 0.3) is 6.08 Å². The summed E-state index contributed by atoms with van der Waals surface area (Å²) in [6.07, 6.45) is 5.66. The highest BCUT2D eigenvalue weighted by Gasteiger charge is 2.37. The average Bonchev–Trinajstić information content (AvgIpc) is 3.12. The van der Waals surface area contributed by atoms with Gasteiger partial charge in [-0.15, -0.1) is 0 Å². The molecule has 6 nitrogen and oxygen atoms in total. The first-order valence-corrected chi connectivity index (χ1v) is 12.7. The summed E-state index contributed by atoms with van der Waals surface area (Å²) in [7, 11) is 0. The standard InChI is InChI=1S/C21H25NO2.C7H12N2O.C2H6/c1-6-8-20-15(4)22-14(3)11-18(20)13-24-19-9-10-21(16(5)23)17(7-2)12-19;1-4-7(3)6(10)8-5(2)9-7;1-2/h6,8-12H,7,13H2,1-5H3;9H,2,4H2,1,3H3,(H,8,10);1-2H3/b8-6-;;. The molecule has 0 aliphatic carbocycles. The first-order valence-electron chi connectivity index (χ1n) is 12.7. The molecule has 1 atom stereocenters. The van der Waals surface area contributed by atoms with Gasteiger partial charge in [-0.1, -0.05) is 46.4 Å². The summed E-state index contributed by atoms with van der Waals surface area (Å²) in [6.45, 7) is 21.6. The molecule has 2 N–H and O–H groups in total. The minimum Gasteiger partial charge on any atom is -0.489 e. The quantitative estimate of drug-likeness (QED) is 0.433. The van der Waals surface area contributed by atoms with Crippen molar-refractivity contribution in [1.82, 2.24) is 15.6 Å². The molecule has 0 bridgehead atoms. The number of carbonyl (C=O) groups excluding carboxylic acids is 2. The predicted molar refractivity (Wildman–Crippen MR) is 149 cm³/mol. The Hall–Kier alpha value is -3.41. The van der Waals surface area contributed by atoms with Crippen LogP contribution >= 0.6 is 0 Å². The van der Waals surface area contributed by atoms with Gasteiger partial charge < -0.3 is 15.4 Å². The molecule has 1 aliphatic rings. The Labute approximate surface area is 217 Å². The van der Waals surface area contributed by atoms with E-state index in [1.54, 1.807) is 6.92 Å². The number of benzene rings is 1. The van der Waals surface area contributed by atoms with E-state index in [0.717, 1.165) is 52.2 Å². The number of pyridine rings is 1. The lowest BCUT2D eigenvalue weighted by atomic mass is 10.0. The highest BCUT2D eigenvalue weighted by molar-refractivity contribution is 5.95. The first kappa shape index (κ1) is 30.6. The second kappa shape index (κ2) is 14.2. The predicted octanol–water partition coefficient (Wildman–Crippen LogP) is 6.45. The van der Waals surface area contributed by atoms with Gasteiger partial charge in [0.1, 0.15) is 17.9 Å². The Morgan fingerprint density at radius 1 is 1.17 bits per heavy atom. The SMILES string of the molecule is C/C=C\c1c(COc2ccc(C(C)=O)c(CC)c2)cc(C)nc1C.C=C1NC(=O)C(C)(CC)N1.CC. The number of aryl methyl sites for hydroxylation is 3. The lowest BCUT2D eigenvalue weighted by Gasteiger charge is -2.17. The van der Waals surface area contributed by atoms with Crippen LogP contribution in [0.3, 0.4) is 0 Å². The summed E-state index contributed by atoms with van der Waals surface area (Å²) in [5, 5.41) is 5.59. The average molecular weight is 494 g/mol. The summed E-state index contributed by atoms with van der Waals surface area (Å²) < 4.78 is 5.99. The molecule has 2 aromatic rings. The van der Waals surface area contributed by atoms with E-state index in [2.05, 4.69) is 34.3 Å². The molecular weight excluding hydrogens is 450 g/mol. The second-order valence-electron chi connectivity index (χ2n) is 8.68. The number of hydrogen-bond donors (Lipinski definition) is 2. The zero-order valence-corrected chi connectivity index (χ0v) is 23.5. The van der Waals surface area contributed by atoms with Gasteiger partial charge in [0.05, 0.1) is 5.82 Å². The molecule has 0 radical (unpaired) electrons. The van der Waals surface area contributed by atoms with Crippen molar-refractivity contribution in [2.45, 2.75) is 87.3 Å². The van der Waals surface area contributed by atoms with Gasteiger partial charge in [0.15, 0.2) is 5.78 Å². The van der Waals surface area contributed by atoms with Crippen LogP contribution in [0.5, 0.6) is 5.75 Å². The van der Waals surface area contributed by atoms with Crippen molar-refractivity contribution < 1.29 is 14.3 Å². The Kier molecular flexibility index (Phi) is 12.1. The van der Waals surface area contributed by atoms with Gasteiger partial charge in [-0.3, -0.25) is 14.6 Å². The molecule has 36 heavy (non-hydrogen) atoms. The van der Waals surface area contributed by atoms with Crippen molar-refractivity contribution in [3.8, 4) is 5.75 Å². The number of Topliss-reactive ketones (excluding diaryl/α,β-unsaturated/α-hetero) is 1. The van der Waals surface area contributed by atoms with E-state index in [-0.39, 0.29) is 11.7 Å². The van der Waals surface area contributed by atoms with Gasteiger partial charge >= 0.3 is 0 Å². The van der Waals surface area contributed by atoms with Crippen LogP contribution in [0.2, 0.25) is 0 Å². The fourth-order valence-corrected chi connectivity index (χ4v) is 3.83. The van der Waals surface area contributed by atoms with E-state index in [0.29, 0.717) is 12.4 Å². The fourth-order valence-electron chi connectivity index (χ4n) is 3.83. The maximum absolute atomic E-state index is 11.7. The number of amides is 1. The van der Waals surface area contributed by atoms with E-state index in [1.165, 1.54) is 0 Å². The summed E-state index contributed by atoms with van der Waals surface area (Å²) in [5.74, 6) is 1.50. The van der Waals surface area contributed by atoms with Gasteiger partial charge in [0, 0.05) is 28.1 Å². The third kappa shape index (κ3) is 8.08. The molecule has 3 rings (SSSR count). The van der Waals surface area contributed by atoms with Crippen LogP contribution < -0.4 is 15.4 Å². The van der Waals surface area contributed by atoms with Gasteiger partial charge in [-0.2, -0.15) is 0 Å². The number of nitrogens with zero attached hydrogens (tertiary/aromatic N) is 1. The molecule has 1 amide bonds. The largest absolute Gasteiger partial charge is 0.489 e. The molecule has 1 aromatic carbocycles. The van der Waals surface area contributed by atoms with Crippen molar-refractivity contribution in [1.29, 1.82) is 0 Å². The van der Waals surface area contributed by atoms with E-state index in [4.69, 9.17) is 4.74 Å². The third-order valence-corrected chi connectivity index (χ3v) is 5.93. The van der Waals surface area contributed by atoms with Crippen LogP contribution in [-0.4, -0.2) is 22.2 Å². The van der Waals surface area contributed by atoms with Crippen LogP contribution in [-0.2, 0) is 17.8 Å². The molecule has 1 saturated heterocycles. The molecule has 0 saturated carbocycles. The Morgan fingerprint density at radius 2 is 1.83 bits per heavy atom. The van der Waals surface area contributed by atoms with Gasteiger partial charge in [-0.05, 0) is 77.3 Å². The molecule has 1 aliphatic heterocycles. The minimum atomic E-state index is -0.433. The lowest BCUT2D eigenvalue weighted by Crippen LogP contribution is -2.41. The number of carbonyl (C=O) groups is 2. The first-order chi connectivity index (χ1) is 17.0. The van der Waals surface area contributed by atoms with Crippen LogP contribution in [0, 0.1) is 13.8 Å². The summed E-state index contributed by atoms with van der Waals surface area (Å²) in [5.41, 5.74) is 5.59. The van der Waals surface area contributed by atoms with Crippen molar-refractivity contribution >= 4 is 17.8 Å². The number of ether oxygens (including phenoxy) is 1. The minimum absolute atomic E-state index is 0.0139. The van der Waals surface area contributed by atoms with Gasteiger partial charge in [-0.25, -0.2) is 0 Å². The van der Waals surface area contributed by atoms with Crippen molar-refractivity contribution in [3.05, 3.63) is 76.4 Å². The molecule has 6 heteroatoms. The number of allylic oxidation sites excluding steroid dienone is 1. The number of rotatable bonds is 7. The smallest absolute Gasteiger partial charge is 0.250 e. The number of nitrogens with one attached hydrogen (secondary N) is 2. The molecule has 1 aromatic heterocycles. The third-order valence-electron chi connectivity index (χ3n) is 5.93.